The van der Waals surface area contributed by atoms with Crippen molar-refractivity contribution in [1.29, 1.82) is 0 Å². The highest BCUT2D eigenvalue weighted by atomic mass is 32.2. The first-order valence-corrected chi connectivity index (χ1v) is 8.96. The van der Waals surface area contributed by atoms with Crippen LogP contribution in [0.15, 0.2) is 20.4 Å². The number of aromatic amines is 1. The average Bonchev–Trinajstić information content (AvgIpc) is 2.89. The normalized spacial score (nSPS) is 10.5. The van der Waals surface area contributed by atoms with Gasteiger partial charge < -0.3 is 10.7 Å². The Balaban J connectivity index is 1.85. The summed E-state index contributed by atoms with van der Waals surface area (Å²) >= 11 is 3.41. The number of H-pyrrole nitrogens is 1. The predicted molar refractivity (Wildman–Crippen MR) is 88.8 cm³/mol. The molecular formula is C11H12N6O3S3. The highest BCUT2D eigenvalue weighted by Gasteiger charge is 2.10. The van der Waals surface area contributed by atoms with Crippen LogP contribution in [0.2, 0.25) is 0 Å². The molecule has 0 aliphatic carbocycles. The molecule has 0 atom stereocenters. The van der Waals surface area contributed by atoms with Gasteiger partial charge in [-0.05, 0) is 6.92 Å². The molecule has 0 fully saturated rings. The summed E-state index contributed by atoms with van der Waals surface area (Å²) in [6.07, 6.45) is 0. The molecule has 12 heteroatoms. The lowest BCUT2D eigenvalue weighted by Gasteiger charge is -2.01. The Morgan fingerprint density at radius 1 is 1.35 bits per heavy atom. The third-order valence-electron chi connectivity index (χ3n) is 2.18. The molecule has 2 aromatic heterocycles. The molecule has 0 aliphatic heterocycles. The van der Waals surface area contributed by atoms with Gasteiger partial charge in [-0.15, -0.1) is 10.2 Å². The van der Waals surface area contributed by atoms with Crippen molar-refractivity contribution >= 4 is 51.8 Å². The molecule has 2 aromatic rings. The highest BCUT2D eigenvalue weighted by molar-refractivity contribution is 8.01. The van der Waals surface area contributed by atoms with Gasteiger partial charge >= 0.3 is 0 Å². The van der Waals surface area contributed by atoms with Crippen molar-refractivity contribution in [2.24, 2.45) is 5.73 Å². The quantitative estimate of drug-likeness (QED) is 0.356. The second kappa shape index (κ2) is 8.08. The molecule has 0 aromatic carbocycles. The van der Waals surface area contributed by atoms with Crippen molar-refractivity contribution in [2.45, 2.75) is 16.4 Å². The van der Waals surface area contributed by atoms with Crippen molar-refractivity contribution in [3.63, 3.8) is 0 Å². The molecule has 0 saturated heterocycles. The van der Waals surface area contributed by atoms with E-state index in [9.17, 15) is 14.4 Å². The molecule has 122 valence electrons. The van der Waals surface area contributed by atoms with E-state index in [2.05, 4.69) is 25.5 Å². The molecule has 0 unspecified atom stereocenters. The SMILES string of the molecule is Cc1cc(=O)[nH]c(SCC(=O)Nc2nnc(SCC(N)=O)s2)n1. The number of primary amides is 1. The zero-order valence-corrected chi connectivity index (χ0v) is 14.3. The van der Waals surface area contributed by atoms with E-state index in [1.165, 1.54) is 6.07 Å². The van der Waals surface area contributed by atoms with Gasteiger partial charge in [0.1, 0.15) is 0 Å². The predicted octanol–water partition coefficient (Wildman–Crippen LogP) is 0.238. The number of nitrogens with two attached hydrogens (primary N) is 1. The summed E-state index contributed by atoms with van der Waals surface area (Å²) in [6, 6.07) is 1.37. The first-order valence-electron chi connectivity index (χ1n) is 6.17. The molecule has 2 amide bonds. The molecule has 9 nitrogen and oxygen atoms in total. The summed E-state index contributed by atoms with van der Waals surface area (Å²) in [7, 11) is 0. The molecule has 2 rings (SSSR count). The maximum absolute atomic E-state index is 11.8. The number of anilines is 1. The Bertz CT molecular complexity index is 774. The summed E-state index contributed by atoms with van der Waals surface area (Å²) in [4.78, 5) is 40.5. The van der Waals surface area contributed by atoms with E-state index in [-0.39, 0.29) is 23.0 Å². The number of rotatable bonds is 7. The van der Waals surface area contributed by atoms with E-state index in [0.717, 1.165) is 34.9 Å². The van der Waals surface area contributed by atoms with Gasteiger partial charge in [-0.2, -0.15) is 0 Å². The topological polar surface area (TPSA) is 144 Å². The molecule has 2 heterocycles. The Morgan fingerprint density at radius 2 is 2.13 bits per heavy atom. The van der Waals surface area contributed by atoms with Gasteiger partial charge in [0.2, 0.25) is 16.9 Å². The Hall–Kier alpha value is -1.92. The third-order valence-corrected chi connectivity index (χ3v) is 5.05. The fourth-order valence-corrected chi connectivity index (χ4v) is 3.59. The van der Waals surface area contributed by atoms with Crippen LogP contribution < -0.4 is 16.6 Å². The van der Waals surface area contributed by atoms with Crippen LogP contribution in [0.4, 0.5) is 5.13 Å². The summed E-state index contributed by atoms with van der Waals surface area (Å²) in [5.74, 6) is -0.589. The molecule has 0 radical (unpaired) electrons. The van der Waals surface area contributed by atoms with Crippen LogP contribution in [0.3, 0.4) is 0 Å². The maximum Gasteiger partial charge on any atom is 0.251 e. The van der Waals surface area contributed by atoms with E-state index >= 15 is 0 Å². The minimum absolute atomic E-state index is 0.0652. The van der Waals surface area contributed by atoms with Gasteiger partial charge in [-0.3, -0.25) is 19.7 Å². The van der Waals surface area contributed by atoms with Crippen LogP contribution in [0, 0.1) is 6.92 Å². The largest absolute Gasteiger partial charge is 0.369 e. The molecule has 0 spiro atoms. The lowest BCUT2D eigenvalue weighted by Crippen LogP contribution is -2.15. The molecule has 0 bridgehead atoms. The maximum atomic E-state index is 11.8. The van der Waals surface area contributed by atoms with Gasteiger partial charge in [0.15, 0.2) is 9.50 Å². The van der Waals surface area contributed by atoms with Crippen molar-refractivity contribution in [3.8, 4) is 0 Å². The van der Waals surface area contributed by atoms with E-state index in [1.54, 1.807) is 6.92 Å². The highest BCUT2D eigenvalue weighted by Crippen LogP contribution is 2.25. The number of carbonyl (C=O) groups excluding carboxylic acids is 2. The number of hydrogen-bond acceptors (Lipinski definition) is 9. The summed E-state index contributed by atoms with van der Waals surface area (Å²) in [5, 5.41) is 10.9. The van der Waals surface area contributed by atoms with E-state index in [1.807, 2.05) is 0 Å². The van der Waals surface area contributed by atoms with Crippen molar-refractivity contribution in [2.75, 3.05) is 16.8 Å². The Morgan fingerprint density at radius 3 is 2.83 bits per heavy atom. The average molecular weight is 372 g/mol. The lowest BCUT2D eigenvalue weighted by atomic mass is 10.5. The smallest absolute Gasteiger partial charge is 0.251 e. The van der Waals surface area contributed by atoms with Crippen molar-refractivity contribution in [3.05, 3.63) is 22.1 Å². The number of aryl methyl sites for hydroxylation is 1. The van der Waals surface area contributed by atoms with Gasteiger partial charge in [-0.1, -0.05) is 34.9 Å². The molecular weight excluding hydrogens is 360 g/mol. The third kappa shape index (κ3) is 6.00. The summed E-state index contributed by atoms with van der Waals surface area (Å²) in [5.41, 5.74) is 5.35. The van der Waals surface area contributed by atoms with E-state index < -0.39 is 5.91 Å². The fourth-order valence-electron chi connectivity index (χ4n) is 1.36. The minimum Gasteiger partial charge on any atom is -0.369 e. The molecule has 0 saturated carbocycles. The van der Waals surface area contributed by atoms with Gasteiger partial charge in [-0.25, -0.2) is 4.98 Å². The zero-order chi connectivity index (χ0) is 16.8. The fraction of sp³-hybridized carbons (Fsp3) is 0.273. The number of amides is 2. The van der Waals surface area contributed by atoms with Crippen molar-refractivity contribution in [1.82, 2.24) is 20.2 Å². The second-order valence-electron chi connectivity index (χ2n) is 4.16. The van der Waals surface area contributed by atoms with E-state index in [0.29, 0.717) is 20.3 Å². The van der Waals surface area contributed by atoms with Crippen molar-refractivity contribution < 1.29 is 9.59 Å². The minimum atomic E-state index is -0.452. The van der Waals surface area contributed by atoms with Gasteiger partial charge in [0.25, 0.3) is 5.56 Å². The summed E-state index contributed by atoms with van der Waals surface area (Å²) < 4.78 is 0.538. The van der Waals surface area contributed by atoms with Crippen LogP contribution >= 0.6 is 34.9 Å². The molecule has 0 aliphatic rings. The summed E-state index contributed by atoms with van der Waals surface area (Å²) in [6.45, 7) is 1.70. The number of hydrogen-bond donors (Lipinski definition) is 3. The van der Waals surface area contributed by atoms with Crippen LogP contribution in [0.5, 0.6) is 0 Å². The Labute approximate surface area is 142 Å². The van der Waals surface area contributed by atoms with Crippen LogP contribution in [-0.2, 0) is 9.59 Å². The van der Waals surface area contributed by atoms with Gasteiger partial charge in [0.05, 0.1) is 11.5 Å². The number of nitrogens with zero attached hydrogens (tertiary/aromatic N) is 3. The van der Waals surface area contributed by atoms with Crippen LogP contribution in [0.25, 0.3) is 0 Å². The standard InChI is InChI=1S/C11H12N6O3S3/c1-5-2-7(19)14-9(13-5)21-4-8(20)15-10-16-17-11(23-10)22-3-6(12)18/h2H,3-4H2,1H3,(H2,12,18)(H,13,14,19)(H,15,16,20). The number of thioether (sulfide) groups is 2. The first-order chi connectivity index (χ1) is 10.9. The Kier molecular flexibility index (Phi) is 6.12. The van der Waals surface area contributed by atoms with E-state index in [4.69, 9.17) is 5.73 Å². The van der Waals surface area contributed by atoms with Gasteiger partial charge in [0, 0.05) is 11.8 Å². The zero-order valence-electron chi connectivity index (χ0n) is 11.9. The lowest BCUT2D eigenvalue weighted by molar-refractivity contribution is -0.115. The number of carbonyl (C=O) groups is 2. The van der Waals surface area contributed by atoms with Crippen LogP contribution in [-0.4, -0.2) is 43.5 Å². The molecule has 23 heavy (non-hydrogen) atoms. The number of nitrogens with one attached hydrogen (secondary N) is 2. The number of aromatic nitrogens is 4. The first kappa shape index (κ1) is 17.4. The monoisotopic (exact) mass is 372 g/mol. The second-order valence-corrected chi connectivity index (χ2v) is 7.32. The van der Waals surface area contributed by atoms with Crippen LogP contribution in [0.1, 0.15) is 5.69 Å². The molecule has 4 N–H and O–H groups in total.